The van der Waals surface area contributed by atoms with Crippen LogP contribution in [-0.4, -0.2) is 27.6 Å². The number of nitrogens with one attached hydrogen (secondary N) is 1. The maximum Gasteiger partial charge on any atom is 0.253 e. The van der Waals surface area contributed by atoms with Crippen molar-refractivity contribution in [3.05, 3.63) is 63.7 Å². The third kappa shape index (κ3) is 4.28. The molecule has 0 unspecified atom stereocenters. The van der Waals surface area contributed by atoms with Crippen LogP contribution in [0.2, 0.25) is 5.02 Å². The number of sulfonamides is 1. The van der Waals surface area contributed by atoms with Gasteiger partial charge in [0.25, 0.3) is 5.91 Å². The highest BCUT2D eigenvalue weighted by Gasteiger charge is 2.19. The molecule has 3 rings (SSSR count). The second-order valence-corrected chi connectivity index (χ2v) is 9.39. The van der Waals surface area contributed by atoms with Crippen molar-refractivity contribution < 1.29 is 13.2 Å². The van der Waals surface area contributed by atoms with E-state index in [1.54, 1.807) is 12.1 Å². The van der Waals surface area contributed by atoms with Gasteiger partial charge in [0.15, 0.2) is 0 Å². The highest BCUT2D eigenvalue weighted by Crippen LogP contribution is 2.27. The lowest BCUT2D eigenvalue weighted by atomic mass is 10.0. The number of hydrogen-bond acceptors (Lipinski definition) is 3. The van der Waals surface area contributed by atoms with Gasteiger partial charge in [0.05, 0.1) is 28.6 Å². The minimum atomic E-state index is -3.39. The van der Waals surface area contributed by atoms with Crippen molar-refractivity contribution in [2.45, 2.75) is 32.2 Å². The molecule has 0 heterocycles. The zero-order chi connectivity index (χ0) is 19.8. The number of nitrogens with zero attached hydrogens (tertiary/aromatic N) is 1. The van der Waals surface area contributed by atoms with E-state index < -0.39 is 10.0 Å². The predicted molar refractivity (Wildman–Crippen MR) is 109 cm³/mol. The van der Waals surface area contributed by atoms with Gasteiger partial charge in [-0.25, -0.2) is 8.42 Å². The van der Waals surface area contributed by atoms with Gasteiger partial charge in [0, 0.05) is 7.05 Å². The summed E-state index contributed by atoms with van der Waals surface area (Å²) in [5, 5.41) is 3.18. The van der Waals surface area contributed by atoms with Crippen LogP contribution in [-0.2, 0) is 22.9 Å². The van der Waals surface area contributed by atoms with Crippen LogP contribution >= 0.6 is 11.6 Å². The molecule has 0 aliphatic heterocycles. The summed E-state index contributed by atoms with van der Waals surface area (Å²) in [6.07, 6.45) is 4.51. The summed E-state index contributed by atoms with van der Waals surface area (Å²) in [6.45, 7) is 1.94. The molecule has 1 aliphatic rings. The molecule has 2 aromatic carbocycles. The SMILES string of the molecule is C[C@H](NC(=O)c1ccc(N(C)S(C)(=O)=O)cc1Cl)c1ccc2c(c1)CCC2. The minimum absolute atomic E-state index is 0.155. The van der Waals surface area contributed by atoms with Crippen LogP contribution in [0.25, 0.3) is 0 Å². The Labute approximate surface area is 165 Å². The van der Waals surface area contributed by atoms with Crippen LogP contribution < -0.4 is 9.62 Å². The number of anilines is 1. The highest BCUT2D eigenvalue weighted by molar-refractivity contribution is 7.92. The summed E-state index contributed by atoms with van der Waals surface area (Å²) >= 11 is 6.24. The number of halogens is 1. The summed E-state index contributed by atoms with van der Waals surface area (Å²) in [5.41, 5.74) is 4.54. The van der Waals surface area contributed by atoms with E-state index in [0.29, 0.717) is 11.3 Å². The largest absolute Gasteiger partial charge is 0.345 e. The minimum Gasteiger partial charge on any atom is -0.345 e. The maximum atomic E-state index is 12.6. The predicted octanol–water partition coefficient (Wildman–Crippen LogP) is 3.72. The van der Waals surface area contributed by atoms with E-state index in [0.717, 1.165) is 29.0 Å². The highest BCUT2D eigenvalue weighted by atomic mass is 35.5. The van der Waals surface area contributed by atoms with E-state index in [1.165, 1.54) is 30.7 Å². The van der Waals surface area contributed by atoms with Crippen molar-refractivity contribution in [2.24, 2.45) is 0 Å². The van der Waals surface area contributed by atoms with E-state index in [4.69, 9.17) is 11.6 Å². The smallest absolute Gasteiger partial charge is 0.253 e. The van der Waals surface area contributed by atoms with Crippen LogP contribution in [0.1, 0.15) is 46.4 Å². The Morgan fingerprint density at radius 3 is 2.52 bits per heavy atom. The molecule has 144 valence electrons. The fourth-order valence-electron chi connectivity index (χ4n) is 3.29. The van der Waals surface area contributed by atoms with Gasteiger partial charge in [-0.15, -0.1) is 0 Å². The Morgan fingerprint density at radius 1 is 1.15 bits per heavy atom. The molecule has 0 bridgehead atoms. The monoisotopic (exact) mass is 406 g/mol. The maximum absolute atomic E-state index is 12.6. The topological polar surface area (TPSA) is 66.5 Å². The second-order valence-electron chi connectivity index (χ2n) is 6.97. The molecule has 1 atom stereocenters. The summed E-state index contributed by atoms with van der Waals surface area (Å²) in [6, 6.07) is 10.8. The first-order chi connectivity index (χ1) is 12.7. The number of rotatable bonds is 5. The van der Waals surface area contributed by atoms with Crippen molar-refractivity contribution in [1.29, 1.82) is 0 Å². The first kappa shape index (κ1) is 19.7. The van der Waals surface area contributed by atoms with Gasteiger partial charge in [-0.2, -0.15) is 0 Å². The molecule has 1 amide bonds. The molecule has 0 saturated heterocycles. The van der Waals surface area contributed by atoms with Gasteiger partial charge < -0.3 is 5.32 Å². The quantitative estimate of drug-likeness (QED) is 0.822. The van der Waals surface area contributed by atoms with Crippen molar-refractivity contribution in [3.8, 4) is 0 Å². The van der Waals surface area contributed by atoms with Crippen LogP contribution in [0.4, 0.5) is 5.69 Å². The summed E-state index contributed by atoms with van der Waals surface area (Å²) < 4.78 is 24.4. The van der Waals surface area contributed by atoms with Gasteiger partial charge in [0.1, 0.15) is 0 Å². The Kier molecular flexibility index (Phi) is 5.49. The fourth-order valence-corrected chi connectivity index (χ4v) is 4.05. The van der Waals surface area contributed by atoms with E-state index in [-0.39, 0.29) is 17.0 Å². The number of hydrogen-bond donors (Lipinski definition) is 1. The number of benzene rings is 2. The first-order valence-corrected chi connectivity index (χ1v) is 11.1. The first-order valence-electron chi connectivity index (χ1n) is 8.83. The van der Waals surface area contributed by atoms with Crippen molar-refractivity contribution in [1.82, 2.24) is 5.32 Å². The number of amides is 1. The Balaban J connectivity index is 1.76. The Morgan fingerprint density at radius 2 is 1.85 bits per heavy atom. The fraction of sp³-hybridized carbons (Fsp3) is 0.350. The normalized spacial score (nSPS) is 14.5. The lowest BCUT2D eigenvalue weighted by molar-refractivity contribution is 0.0940. The van der Waals surface area contributed by atoms with Crippen LogP contribution in [0, 0.1) is 0 Å². The van der Waals surface area contributed by atoms with Crippen LogP contribution in [0.15, 0.2) is 36.4 Å². The van der Waals surface area contributed by atoms with E-state index >= 15 is 0 Å². The summed E-state index contributed by atoms with van der Waals surface area (Å²) in [5.74, 6) is -0.290. The third-order valence-corrected chi connectivity index (χ3v) is 6.55. The molecular weight excluding hydrogens is 384 g/mol. The molecule has 5 nitrogen and oxygen atoms in total. The molecular formula is C20H23ClN2O3S. The Hall–Kier alpha value is -2.05. The van der Waals surface area contributed by atoms with E-state index in [1.807, 2.05) is 6.92 Å². The van der Waals surface area contributed by atoms with Gasteiger partial charge in [-0.1, -0.05) is 29.8 Å². The lowest BCUT2D eigenvalue weighted by Gasteiger charge is -2.19. The van der Waals surface area contributed by atoms with Crippen molar-refractivity contribution in [2.75, 3.05) is 17.6 Å². The molecule has 0 spiro atoms. The molecule has 1 N–H and O–H groups in total. The number of carbonyl (C=O) groups excluding carboxylic acids is 1. The van der Waals surface area contributed by atoms with E-state index in [2.05, 4.69) is 23.5 Å². The summed E-state index contributed by atoms with van der Waals surface area (Å²) in [7, 11) is -1.95. The van der Waals surface area contributed by atoms with Crippen molar-refractivity contribution in [3.63, 3.8) is 0 Å². The van der Waals surface area contributed by atoms with Gasteiger partial charge >= 0.3 is 0 Å². The molecule has 0 saturated carbocycles. The molecule has 0 radical (unpaired) electrons. The number of fused-ring (bicyclic) bond motifs is 1. The molecule has 0 aromatic heterocycles. The lowest BCUT2D eigenvalue weighted by Crippen LogP contribution is -2.27. The average molecular weight is 407 g/mol. The summed E-state index contributed by atoms with van der Waals surface area (Å²) in [4.78, 5) is 12.6. The van der Waals surface area contributed by atoms with Crippen LogP contribution in [0.5, 0.6) is 0 Å². The zero-order valence-corrected chi connectivity index (χ0v) is 17.2. The van der Waals surface area contributed by atoms with Gasteiger partial charge in [0.2, 0.25) is 10.0 Å². The Bertz CT molecular complexity index is 989. The van der Waals surface area contributed by atoms with E-state index in [9.17, 15) is 13.2 Å². The molecule has 7 heteroatoms. The number of aryl methyl sites for hydroxylation is 2. The van der Waals surface area contributed by atoms with Gasteiger partial charge in [-0.3, -0.25) is 9.10 Å². The second kappa shape index (κ2) is 7.52. The van der Waals surface area contributed by atoms with Gasteiger partial charge in [-0.05, 0) is 61.1 Å². The molecule has 27 heavy (non-hydrogen) atoms. The molecule has 2 aromatic rings. The zero-order valence-electron chi connectivity index (χ0n) is 15.6. The standard InChI is InChI=1S/C20H23ClN2O3S/c1-13(15-8-7-14-5-4-6-16(14)11-15)22-20(24)18-10-9-17(12-19(18)21)23(2)27(3,25)26/h7-13H,4-6H2,1-3H3,(H,22,24)/t13-/m0/s1. The molecule has 1 aliphatic carbocycles. The average Bonchev–Trinajstić information content (AvgIpc) is 3.07. The third-order valence-electron chi connectivity index (χ3n) is 5.03. The number of carbonyl (C=O) groups is 1. The molecule has 0 fully saturated rings. The van der Waals surface area contributed by atoms with Crippen molar-refractivity contribution >= 4 is 33.2 Å². The van der Waals surface area contributed by atoms with Crippen LogP contribution in [0.3, 0.4) is 0 Å².